The Hall–Kier alpha value is -1.22. The van der Waals surface area contributed by atoms with E-state index in [2.05, 4.69) is 62.5 Å². The number of hydrogen-bond donors (Lipinski definition) is 3. The van der Waals surface area contributed by atoms with Crippen molar-refractivity contribution >= 4 is 11.8 Å². The molecule has 5 rings (SSSR count). The van der Waals surface area contributed by atoms with E-state index in [1.54, 1.807) is 0 Å². The molecule has 0 aromatic heterocycles. The summed E-state index contributed by atoms with van der Waals surface area (Å²) in [5.74, 6) is 4.17. The summed E-state index contributed by atoms with van der Waals surface area (Å²) in [6, 6.07) is -0.174. The van der Waals surface area contributed by atoms with Crippen molar-refractivity contribution in [3.63, 3.8) is 0 Å². The van der Waals surface area contributed by atoms with Crippen LogP contribution >= 0.6 is 0 Å². The van der Waals surface area contributed by atoms with Crippen LogP contribution < -0.4 is 10.6 Å². The molecule has 4 aliphatic carbocycles. The van der Waals surface area contributed by atoms with Gasteiger partial charge in [0.2, 0.25) is 11.8 Å². The van der Waals surface area contributed by atoms with Gasteiger partial charge in [-0.2, -0.15) is 0 Å². The van der Waals surface area contributed by atoms with Crippen LogP contribution in [-0.2, 0) is 9.59 Å². The van der Waals surface area contributed by atoms with Crippen LogP contribution in [0.25, 0.3) is 0 Å². The smallest absolute Gasteiger partial charge is 0.239 e. The molecule has 1 heterocycles. The molecule has 5 fully saturated rings. The van der Waals surface area contributed by atoms with Crippen molar-refractivity contribution in [1.82, 2.24) is 25.3 Å². The number of nitrogens with one attached hydrogen (secondary N) is 2. The molecule has 8 heteroatoms. The number of carbonyl (C=O) groups is 2. The number of nitrogens with zero attached hydrogens (tertiary/aromatic N) is 3. The maximum absolute atomic E-state index is 13.5. The van der Waals surface area contributed by atoms with Gasteiger partial charge < -0.3 is 30.4 Å². The highest BCUT2D eigenvalue weighted by Gasteiger charge is 2.59. The van der Waals surface area contributed by atoms with E-state index in [-0.39, 0.29) is 30.0 Å². The van der Waals surface area contributed by atoms with Gasteiger partial charge in [-0.25, -0.2) is 0 Å². The lowest BCUT2D eigenvalue weighted by Gasteiger charge is -2.61. The lowest BCUT2D eigenvalue weighted by Crippen LogP contribution is -2.53. The fourth-order valence-corrected chi connectivity index (χ4v) is 11.2. The van der Waals surface area contributed by atoms with Crippen molar-refractivity contribution in [3.8, 4) is 0 Å². The topological polar surface area (TPSA) is 88.2 Å². The summed E-state index contributed by atoms with van der Waals surface area (Å²) >= 11 is 0. The molecular formula is C37H67N5O3. The average molecular weight is 630 g/mol. The third-order valence-electron chi connectivity index (χ3n) is 13.7. The van der Waals surface area contributed by atoms with Gasteiger partial charge in [0.05, 0.1) is 12.1 Å². The lowest BCUT2D eigenvalue weighted by molar-refractivity contribution is -0.133. The minimum Gasteiger partial charge on any atom is -0.393 e. The average Bonchev–Trinajstić information content (AvgIpc) is 3.58. The van der Waals surface area contributed by atoms with E-state index in [1.165, 1.54) is 44.9 Å². The summed E-state index contributed by atoms with van der Waals surface area (Å²) in [6.45, 7) is 9.33. The van der Waals surface area contributed by atoms with Gasteiger partial charge in [-0.05, 0) is 165 Å². The Labute approximate surface area is 274 Å². The molecule has 3 N–H and O–H groups in total. The normalized spacial score (nSPS) is 39.4. The molecule has 2 amide bonds. The minimum atomic E-state index is -0.205. The van der Waals surface area contributed by atoms with E-state index in [0.29, 0.717) is 42.1 Å². The van der Waals surface area contributed by atoms with E-state index in [4.69, 9.17) is 0 Å². The number of aliphatic hydroxyl groups excluding tert-OH is 1. The second kappa shape index (κ2) is 14.9. The fourth-order valence-electron chi connectivity index (χ4n) is 11.2. The molecule has 5 aliphatic rings. The third-order valence-corrected chi connectivity index (χ3v) is 13.7. The molecule has 45 heavy (non-hydrogen) atoms. The summed E-state index contributed by atoms with van der Waals surface area (Å²) < 4.78 is 0. The third kappa shape index (κ3) is 7.92. The predicted molar refractivity (Wildman–Crippen MR) is 182 cm³/mol. The van der Waals surface area contributed by atoms with E-state index in [9.17, 15) is 14.7 Å². The summed E-state index contributed by atoms with van der Waals surface area (Å²) in [6.07, 6.45) is 15.3. The Morgan fingerprint density at radius 1 is 0.822 bits per heavy atom. The van der Waals surface area contributed by atoms with Crippen LogP contribution in [0.1, 0.15) is 104 Å². The van der Waals surface area contributed by atoms with Gasteiger partial charge in [0.15, 0.2) is 0 Å². The molecule has 0 spiro atoms. The minimum absolute atomic E-state index is 0.0316. The predicted octanol–water partition coefficient (Wildman–Crippen LogP) is 4.37. The van der Waals surface area contributed by atoms with E-state index >= 15 is 0 Å². The van der Waals surface area contributed by atoms with Crippen LogP contribution in [-0.4, -0.2) is 111 Å². The Bertz CT molecular complexity index is 993. The van der Waals surface area contributed by atoms with Gasteiger partial charge in [0.25, 0.3) is 0 Å². The monoisotopic (exact) mass is 630 g/mol. The zero-order chi connectivity index (χ0) is 32.4. The van der Waals surface area contributed by atoms with Crippen LogP contribution in [0.5, 0.6) is 0 Å². The van der Waals surface area contributed by atoms with Gasteiger partial charge in [-0.1, -0.05) is 13.8 Å². The van der Waals surface area contributed by atoms with Gasteiger partial charge in [-0.3, -0.25) is 9.59 Å². The summed E-state index contributed by atoms with van der Waals surface area (Å²) in [5.41, 5.74) is 0.791. The first-order valence-electron chi connectivity index (χ1n) is 18.7. The maximum Gasteiger partial charge on any atom is 0.239 e. The molecule has 8 nitrogen and oxygen atoms in total. The largest absolute Gasteiger partial charge is 0.393 e. The second-order valence-electron chi connectivity index (χ2n) is 17.0. The Kier molecular flexibility index (Phi) is 11.6. The number of aliphatic hydroxyl groups is 1. The zero-order valence-electron chi connectivity index (χ0n) is 29.7. The first-order valence-corrected chi connectivity index (χ1v) is 18.7. The fraction of sp³-hybridized carbons (Fsp3) is 0.946. The van der Waals surface area contributed by atoms with Crippen molar-refractivity contribution in [1.29, 1.82) is 0 Å². The highest BCUT2D eigenvalue weighted by atomic mass is 16.3. The van der Waals surface area contributed by atoms with Crippen molar-refractivity contribution in [2.45, 2.75) is 122 Å². The van der Waals surface area contributed by atoms with Crippen LogP contribution in [0.2, 0.25) is 0 Å². The van der Waals surface area contributed by atoms with E-state index < -0.39 is 0 Å². The van der Waals surface area contributed by atoms with Gasteiger partial charge in [0.1, 0.15) is 0 Å². The summed E-state index contributed by atoms with van der Waals surface area (Å²) in [4.78, 5) is 33.1. The van der Waals surface area contributed by atoms with Gasteiger partial charge >= 0.3 is 0 Å². The van der Waals surface area contributed by atoms with Crippen molar-refractivity contribution in [2.24, 2.45) is 40.4 Å². The highest BCUT2D eigenvalue weighted by molar-refractivity contribution is 5.83. The molecule has 0 bridgehead atoms. The molecule has 1 saturated heterocycles. The van der Waals surface area contributed by atoms with Crippen molar-refractivity contribution in [3.05, 3.63) is 0 Å². The molecular weight excluding hydrogens is 562 g/mol. The number of carbonyl (C=O) groups excluding carboxylic acids is 2. The number of rotatable bonds is 13. The molecule has 6 unspecified atom stereocenters. The molecule has 0 radical (unpaired) electrons. The molecule has 4 saturated carbocycles. The Balaban J connectivity index is 1.08. The highest BCUT2D eigenvalue weighted by Crippen LogP contribution is 2.67. The maximum atomic E-state index is 13.5. The van der Waals surface area contributed by atoms with Gasteiger partial charge in [-0.15, -0.1) is 0 Å². The molecule has 0 aromatic rings. The zero-order valence-corrected chi connectivity index (χ0v) is 29.7. The lowest BCUT2D eigenvalue weighted by atomic mass is 9.44. The number of amides is 2. The Morgan fingerprint density at radius 2 is 1.49 bits per heavy atom. The van der Waals surface area contributed by atoms with Crippen LogP contribution in [0.15, 0.2) is 0 Å². The number of hydrogen-bond acceptors (Lipinski definition) is 6. The quantitative estimate of drug-likeness (QED) is 0.281. The Morgan fingerprint density at radius 3 is 2.18 bits per heavy atom. The van der Waals surface area contributed by atoms with Gasteiger partial charge in [0, 0.05) is 32.1 Å². The van der Waals surface area contributed by atoms with Crippen molar-refractivity contribution < 1.29 is 14.7 Å². The van der Waals surface area contributed by atoms with Crippen molar-refractivity contribution in [2.75, 3.05) is 60.9 Å². The van der Waals surface area contributed by atoms with Crippen LogP contribution in [0, 0.1) is 40.4 Å². The molecule has 1 aliphatic heterocycles. The summed E-state index contributed by atoms with van der Waals surface area (Å²) in [7, 11) is 8.31. The van der Waals surface area contributed by atoms with Crippen LogP contribution in [0.4, 0.5) is 0 Å². The first-order chi connectivity index (χ1) is 21.4. The second-order valence-corrected chi connectivity index (χ2v) is 17.0. The SMILES string of the molecule is CN(C)CCCN(CCCN(C)C)C(=O)[C@@H]1CC(NC(=O)CCC2CCC3C4CCC5C[C@H](O)CC[C@]5(C)C4CC[C@]23C)CN1. The molecule has 258 valence electrons. The molecule has 10 atom stereocenters. The van der Waals surface area contributed by atoms with Crippen LogP contribution in [0.3, 0.4) is 0 Å². The summed E-state index contributed by atoms with van der Waals surface area (Å²) in [5, 5.41) is 17.1. The standard InChI is InChI=1S/C37H67N5O3/c1-36-18-16-32-30(12-9-27-23-29(43)15-17-37(27,32)2)31(36)13-10-26(36)11-14-34(44)39-28-24-33(38-25-28)35(45)42(21-7-19-40(3)4)22-8-20-41(5)6/h26-33,38,43H,7-25H2,1-6H3,(H,39,44)/t26?,27?,28?,29-,30?,31?,32?,33+,36-,37+/m1/s1. The first kappa shape index (κ1) is 35.1. The van der Waals surface area contributed by atoms with E-state index in [0.717, 1.165) is 76.0 Å². The molecule has 0 aromatic carbocycles. The number of fused-ring (bicyclic) bond motifs is 5. The van der Waals surface area contributed by atoms with E-state index in [1.807, 2.05) is 4.90 Å².